The molecule has 5 rings (SSSR count). The third-order valence-corrected chi connectivity index (χ3v) is 11.7. The SMILES string of the molecule is CCOC[C@H]1[C@@H](COC(=O)C23CCC(C)(C(=O)O2)C3(C)C)[C@@]1(C)c1cccc2c1C(C)(C)CCC2(C)C. The highest BCUT2D eigenvalue weighted by Gasteiger charge is 2.76. The minimum Gasteiger partial charge on any atom is -0.462 e. The van der Waals surface area contributed by atoms with E-state index in [9.17, 15) is 9.59 Å². The Balaban J connectivity index is 1.45. The van der Waals surface area contributed by atoms with Crippen LogP contribution in [0, 0.1) is 22.7 Å². The molecular weight excluding hydrogens is 464 g/mol. The molecule has 5 atom stereocenters. The quantitative estimate of drug-likeness (QED) is 0.406. The van der Waals surface area contributed by atoms with E-state index in [1.54, 1.807) is 0 Å². The summed E-state index contributed by atoms with van der Waals surface area (Å²) in [4.78, 5) is 26.3. The van der Waals surface area contributed by atoms with E-state index >= 15 is 0 Å². The summed E-state index contributed by atoms with van der Waals surface area (Å²) in [6, 6.07) is 6.82. The molecule has 1 aliphatic heterocycles. The second-order valence-corrected chi connectivity index (χ2v) is 14.4. The van der Waals surface area contributed by atoms with Gasteiger partial charge in [0.15, 0.2) is 0 Å². The third kappa shape index (κ3) is 3.38. The minimum atomic E-state index is -1.18. The molecule has 2 bridgehead atoms. The van der Waals surface area contributed by atoms with E-state index in [1.165, 1.54) is 23.1 Å². The van der Waals surface area contributed by atoms with Crippen molar-refractivity contribution >= 4 is 11.9 Å². The molecule has 0 radical (unpaired) electrons. The molecule has 1 saturated heterocycles. The van der Waals surface area contributed by atoms with Gasteiger partial charge in [0.25, 0.3) is 0 Å². The van der Waals surface area contributed by atoms with Crippen molar-refractivity contribution in [2.45, 2.75) is 110 Å². The maximum atomic E-state index is 13.6. The van der Waals surface area contributed by atoms with Crippen molar-refractivity contribution < 1.29 is 23.8 Å². The first-order chi connectivity index (χ1) is 17.1. The summed E-state index contributed by atoms with van der Waals surface area (Å²) in [7, 11) is 0. The molecule has 1 aromatic carbocycles. The van der Waals surface area contributed by atoms with Crippen molar-refractivity contribution in [3.05, 3.63) is 34.9 Å². The highest BCUT2D eigenvalue weighted by Crippen LogP contribution is 2.67. The highest BCUT2D eigenvalue weighted by atomic mass is 16.6. The number of rotatable bonds is 7. The molecule has 0 spiro atoms. The van der Waals surface area contributed by atoms with E-state index in [0.29, 0.717) is 32.7 Å². The first-order valence-electron chi connectivity index (χ1n) is 14.2. The van der Waals surface area contributed by atoms with Gasteiger partial charge in [0.2, 0.25) is 5.60 Å². The predicted molar refractivity (Wildman–Crippen MR) is 143 cm³/mol. The number of hydrogen-bond donors (Lipinski definition) is 0. The summed E-state index contributed by atoms with van der Waals surface area (Å²) in [6.45, 7) is 21.3. The molecular formula is C32H46O5. The topological polar surface area (TPSA) is 61.8 Å². The summed E-state index contributed by atoms with van der Waals surface area (Å²) in [5.74, 6) is -0.238. The molecule has 5 heteroatoms. The van der Waals surface area contributed by atoms with Gasteiger partial charge in [0.1, 0.15) is 0 Å². The lowest BCUT2D eigenvalue weighted by atomic mass is 9.60. The summed E-state index contributed by atoms with van der Waals surface area (Å²) in [6.07, 6.45) is 3.51. The van der Waals surface area contributed by atoms with Crippen molar-refractivity contribution in [3.63, 3.8) is 0 Å². The van der Waals surface area contributed by atoms with Crippen LogP contribution in [-0.2, 0) is 40.0 Å². The molecule has 2 unspecified atom stereocenters. The van der Waals surface area contributed by atoms with Crippen molar-refractivity contribution in [2.24, 2.45) is 22.7 Å². The van der Waals surface area contributed by atoms with Gasteiger partial charge >= 0.3 is 11.9 Å². The van der Waals surface area contributed by atoms with Crippen LogP contribution < -0.4 is 0 Å². The molecule has 0 N–H and O–H groups in total. The van der Waals surface area contributed by atoms with E-state index < -0.39 is 16.4 Å². The molecule has 3 fully saturated rings. The molecule has 0 amide bonds. The van der Waals surface area contributed by atoms with Gasteiger partial charge in [-0.2, -0.15) is 0 Å². The summed E-state index contributed by atoms with van der Waals surface area (Å²) >= 11 is 0. The van der Waals surface area contributed by atoms with Crippen LogP contribution in [0.1, 0.15) is 105 Å². The molecule has 5 nitrogen and oxygen atoms in total. The number of carbonyl (C=O) groups excluding carboxylic acids is 2. The van der Waals surface area contributed by atoms with E-state index in [0.717, 1.165) is 6.42 Å². The van der Waals surface area contributed by atoms with Crippen LogP contribution in [0.2, 0.25) is 0 Å². The Bertz CT molecular complexity index is 1130. The smallest absolute Gasteiger partial charge is 0.351 e. The number of ether oxygens (including phenoxy) is 3. The minimum absolute atomic E-state index is 0.0831. The monoisotopic (exact) mass is 510 g/mol. The lowest BCUT2D eigenvalue weighted by Gasteiger charge is -2.44. The van der Waals surface area contributed by atoms with E-state index in [2.05, 4.69) is 52.8 Å². The Labute approximate surface area is 223 Å². The summed E-state index contributed by atoms with van der Waals surface area (Å²) in [5, 5.41) is 0. The van der Waals surface area contributed by atoms with Crippen LogP contribution in [-0.4, -0.2) is 37.4 Å². The van der Waals surface area contributed by atoms with Gasteiger partial charge in [-0.1, -0.05) is 66.7 Å². The van der Waals surface area contributed by atoms with E-state index in [-0.39, 0.29) is 40.0 Å². The van der Waals surface area contributed by atoms with E-state index in [1.807, 2.05) is 27.7 Å². The molecule has 3 aliphatic carbocycles. The number of hydrogen-bond acceptors (Lipinski definition) is 5. The van der Waals surface area contributed by atoms with Crippen LogP contribution in [0.3, 0.4) is 0 Å². The molecule has 2 saturated carbocycles. The van der Waals surface area contributed by atoms with Crippen LogP contribution in [0.4, 0.5) is 0 Å². The average Bonchev–Trinajstić information content (AvgIpc) is 3.30. The van der Waals surface area contributed by atoms with Gasteiger partial charge in [0, 0.05) is 23.4 Å². The highest BCUT2D eigenvalue weighted by molar-refractivity contribution is 5.93. The Hall–Kier alpha value is -1.88. The second-order valence-electron chi connectivity index (χ2n) is 14.4. The van der Waals surface area contributed by atoms with Gasteiger partial charge in [0.05, 0.1) is 18.6 Å². The normalized spacial score (nSPS) is 38.1. The first-order valence-corrected chi connectivity index (χ1v) is 14.2. The van der Waals surface area contributed by atoms with Crippen LogP contribution in [0.25, 0.3) is 0 Å². The molecule has 1 heterocycles. The molecule has 37 heavy (non-hydrogen) atoms. The number of fused-ring (bicyclic) bond motifs is 3. The van der Waals surface area contributed by atoms with Gasteiger partial charge in [-0.05, 0) is 73.0 Å². The molecule has 1 aromatic rings. The lowest BCUT2D eigenvalue weighted by Crippen LogP contribution is -2.49. The lowest BCUT2D eigenvalue weighted by molar-refractivity contribution is -0.183. The third-order valence-electron chi connectivity index (χ3n) is 11.7. The largest absolute Gasteiger partial charge is 0.462 e. The summed E-state index contributed by atoms with van der Waals surface area (Å²) < 4.78 is 17.8. The zero-order chi connectivity index (χ0) is 27.2. The Morgan fingerprint density at radius 1 is 0.892 bits per heavy atom. The fourth-order valence-corrected chi connectivity index (χ4v) is 8.08. The standard InChI is InChI=1S/C32H46O5/c1-10-35-18-22-23(19-36-26(34)32-17-16-30(8,25(33)37-32)29(32,6)7)31(22,9)21-13-11-12-20-24(21)28(4,5)15-14-27(20,2)3/h11-13,22-23H,10,14-19H2,1-9H3/t22-,23+,30?,31-,32?/m0/s1. The van der Waals surface area contributed by atoms with Crippen molar-refractivity contribution in [3.8, 4) is 0 Å². The Morgan fingerprint density at radius 3 is 2.11 bits per heavy atom. The van der Waals surface area contributed by atoms with Crippen molar-refractivity contribution in [1.29, 1.82) is 0 Å². The van der Waals surface area contributed by atoms with Gasteiger partial charge < -0.3 is 14.2 Å². The molecule has 4 aliphatic rings. The van der Waals surface area contributed by atoms with Crippen molar-refractivity contribution in [2.75, 3.05) is 19.8 Å². The van der Waals surface area contributed by atoms with Crippen LogP contribution in [0.15, 0.2) is 18.2 Å². The Morgan fingerprint density at radius 2 is 1.51 bits per heavy atom. The molecule has 0 aromatic heterocycles. The zero-order valence-electron chi connectivity index (χ0n) is 24.4. The molecule has 204 valence electrons. The first kappa shape index (κ1) is 26.7. The maximum Gasteiger partial charge on any atom is 0.351 e. The fourth-order valence-electron chi connectivity index (χ4n) is 8.08. The van der Waals surface area contributed by atoms with Crippen LogP contribution >= 0.6 is 0 Å². The van der Waals surface area contributed by atoms with Gasteiger partial charge in [-0.15, -0.1) is 0 Å². The average molecular weight is 511 g/mol. The number of carbonyl (C=O) groups is 2. The number of esters is 2. The van der Waals surface area contributed by atoms with Crippen LogP contribution in [0.5, 0.6) is 0 Å². The zero-order valence-corrected chi connectivity index (χ0v) is 24.4. The second kappa shape index (κ2) is 8.07. The summed E-state index contributed by atoms with van der Waals surface area (Å²) in [5.41, 5.74) is 1.96. The fraction of sp³-hybridized carbons (Fsp3) is 0.750. The Kier molecular flexibility index (Phi) is 5.82. The van der Waals surface area contributed by atoms with Crippen molar-refractivity contribution in [1.82, 2.24) is 0 Å². The van der Waals surface area contributed by atoms with Gasteiger partial charge in [-0.25, -0.2) is 4.79 Å². The van der Waals surface area contributed by atoms with E-state index in [4.69, 9.17) is 14.2 Å². The number of benzene rings is 1. The maximum absolute atomic E-state index is 13.6. The van der Waals surface area contributed by atoms with Gasteiger partial charge in [-0.3, -0.25) is 4.79 Å². The predicted octanol–water partition coefficient (Wildman–Crippen LogP) is 6.24.